The van der Waals surface area contributed by atoms with E-state index in [1.165, 1.54) is 10.6 Å². The van der Waals surface area contributed by atoms with E-state index in [-0.39, 0.29) is 23.9 Å². The summed E-state index contributed by atoms with van der Waals surface area (Å²) in [5, 5.41) is 2.93. The van der Waals surface area contributed by atoms with Crippen LogP contribution in [0.4, 0.5) is 0 Å². The number of carbonyl (C=O) groups excluding carboxylic acids is 1. The van der Waals surface area contributed by atoms with Crippen LogP contribution in [0.5, 0.6) is 0 Å². The molecule has 0 bridgehead atoms. The van der Waals surface area contributed by atoms with Crippen molar-refractivity contribution in [1.29, 1.82) is 0 Å². The van der Waals surface area contributed by atoms with E-state index in [0.29, 0.717) is 25.9 Å². The van der Waals surface area contributed by atoms with Crippen LogP contribution in [0.1, 0.15) is 26.7 Å². The average molecular weight is 277 g/mol. The van der Waals surface area contributed by atoms with Gasteiger partial charge >= 0.3 is 0 Å². The third kappa shape index (κ3) is 4.22. The number of nitrogens with two attached hydrogens (primary N) is 1. The van der Waals surface area contributed by atoms with Crippen LogP contribution in [0.15, 0.2) is 0 Å². The molecule has 0 aliphatic carbocycles. The third-order valence-corrected chi connectivity index (χ3v) is 4.77. The summed E-state index contributed by atoms with van der Waals surface area (Å²) in [5.74, 6) is -0.277. The van der Waals surface area contributed by atoms with Crippen molar-refractivity contribution in [1.82, 2.24) is 9.62 Å². The number of rotatable bonds is 4. The second-order valence-corrected chi connectivity index (χ2v) is 7.08. The summed E-state index contributed by atoms with van der Waals surface area (Å²) >= 11 is 0. The van der Waals surface area contributed by atoms with Gasteiger partial charge in [0, 0.05) is 31.1 Å². The minimum Gasteiger partial charge on any atom is -0.353 e. The summed E-state index contributed by atoms with van der Waals surface area (Å²) in [6.07, 6.45) is 2.53. The first-order chi connectivity index (χ1) is 8.21. The maximum Gasteiger partial charge on any atom is 0.224 e. The van der Waals surface area contributed by atoms with Crippen molar-refractivity contribution in [2.45, 2.75) is 38.8 Å². The van der Waals surface area contributed by atoms with E-state index >= 15 is 0 Å². The number of carbonyl (C=O) groups is 1. The molecule has 1 heterocycles. The number of hydrogen-bond acceptors (Lipinski definition) is 4. The van der Waals surface area contributed by atoms with Crippen LogP contribution >= 0.6 is 0 Å². The first-order valence-corrected chi connectivity index (χ1v) is 8.07. The fourth-order valence-electron chi connectivity index (χ4n) is 1.90. The highest BCUT2D eigenvalue weighted by atomic mass is 32.2. The molecule has 1 aliphatic rings. The van der Waals surface area contributed by atoms with Crippen molar-refractivity contribution in [2.24, 2.45) is 11.7 Å². The first kappa shape index (κ1) is 15.4. The lowest BCUT2D eigenvalue weighted by Crippen LogP contribution is -2.49. The third-order valence-electron chi connectivity index (χ3n) is 3.47. The molecule has 3 N–H and O–H groups in total. The highest BCUT2D eigenvalue weighted by Crippen LogP contribution is 2.14. The topological polar surface area (TPSA) is 92.5 Å². The zero-order valence-corrected chi connectivity index (χ0v) is 12.0. The Morgan fingerprint density at radius 1 is 1.33 bits per heavy atom. The number of piperidine rings is 1. The normalized spacial score (nSPS) is 22.4. The largest absolute Gasteiger partial charge is 0.353 e. The van der Waals surface area contributed by atoms with Crippen molar-refractivity contribution >= 4 is 15.9 Å². The molecule has 0 aromatic carbocycles. The van der Waals surface area contributed by atoms with Crippen LogP contribution < -0.4 is 11.1 Å². The van der Waals surface area contributed by atoms with E-state index in [1.54, 1.807) is 13.8 Å². The summed E-state index contributed by atoms with van der Waals surface area (Å²) in [6.45, 7) is 4.54. The molecule has 2 unspecified atom stereocenters. The van der Waals surface area contributed by atoms with Crippen LogP contribution in [0.25, 0.3) is 0 Å². The molecule has 18 heavy (non-hydrogen) atoms. The van der Waals surface area contributed by atoms with E-state index in [9.17, 15) is 13.2 Å². The number of amides is 1. The number of sulfonamides is 1. The number of nitrogens with one attached hydrogen (secondary N) is 1. The molecular formula is C11H23N3O3S. The summed E-state index contributed by atoms with van der Waals surface area (Å²) < 4.78 is 24.1. The average Bonchev–Trinajstić information content (AvgIpc) is 2.27. The highest BCUT2D eigenvalue weighted by Gasteiger charge is 2.27. The Balaban J connectivity index is 2.43. The zero-order valence-electron chi connectivity index (χ0n) is 11.2. The summed E-state index contributed by atoms with van der Waals surface area (Å²) in [4.78, 5) is 11.8. The number of hydrogen-bond donors (Lipinski definition) is 2. The molecular weight excluding hydrogens is 254 g/mol. The molecule has 0 spiro atoms. The van der Waals surface area contributed by atoms with Gasteiger partial charge in [0.15, 0.2) is 0 Å². The van der Waals surface area contributed by atoms with Gasteiger partial charge in [-0.1, -0.05) is 6.92 Å². The quantitative estimate of drug-likeness (QED) is 0.725. The van der Waals surface area contributed by atoms with Gasteiger partial charge in [-0.25, -0.2) is 12.7 Å². The molecule has 1 aliphatic heterocycles. The molecule has 0 radical (unpaired) electrons. The van der Waals surface area contributed by atoms with Crippen molar-refractivity contribution in [3.63, 3.8) is 0 Å². The van der Waals surface area contributed by atoms with E-state index < -0.39 is 10.0 Å². The molecule has 7 heteroatoms. The van der Waals surface area contributed by atoms with Gasteiger partial charge in [0.25, 0.3) is 0 Å². The van der Waals surface area contributed by atoms with Crippen molar-refractivity contribution in [3.05, 3.63) is 0 Å². The smallest absolute Gasteiger partial charge is 0.224 e. The van der Waals surface area contributed by atoms with Crippen molar-refractivity contribution in [2.75, 3.05) is 19.3 Å². The standard InChI is InChI=1S/C11H23N3O3S/c1-8(9(2)12)11(15)13-10-4-6-14(7-5-10)18(3,16)17/h8-10H,4-7,12H2,1-3H3,(H,13,15). The second kappa shape index (κ2) is 5.99. The van der Waals surface area contributed by atoms with Gasteiger partial charge in [-0.3, -0.25) is 4.79 Å². The van der Waals surface area contributed by atoms with Gasteiger partial charge in [0.05, 0.1) is 6.26 Å². The Labute approximate surface area is 109 Å². The molecule has 0 saturated carbocycles. The fraction of sp³-hybridized carbons (Fsp3) is 0.909. The highest BCUT2D eigenvalue weighted by molar-refractivity contribution is 7.88. The maximum absolute atomic E-state index is 11.8. The van der Waals surface area contributed by atoms with Crippen molar-refractivity contribution < 1.29 is 13.2 Å². The molecule has 2 atom stereocenters. The van der Waals surface area contributed by atoms with Crippen LogP contribution in [-0.4, -0.2) is 50.1 Å². The minimum atomic E-state index is -3.11. The second-order valence-electron chi connectivity index (χ2n) is 5.09. The molecule has 0 aromatic rings. The number of nitrogens with zero attached hydrogens (tertiary/aromatic N) is 1. The predicted molar refractivity (Wildman–Crippen MR) is 70.4 cm³/mol. The Morgan fingerprint density at radius 3 is 2.22 bits per heavy atom. The lowest BCUT2D eigenvalue weighted by Gasteiger charge is -2.31. The van der Waals surface area contributed by atoms with Crippen LogP contribution in [0.2, 0.25) is 0 Å². The van der Waals surface area contributed by atoms with E-state index in [4.69, 9.17) is 5.73 Å². The summed E-state index contributed by atoms with van der Waals surface area (Å²) in [7, 11) is -3.11. The van der Waals surface area contributed by atoms with Crippen molar-refractivity contribution in [3.8, 4) is 0 Å². The Hall–Kier alpha value is -0.660. The molecule has 1 rings (SSSR count). The van der Waals surface area contributed by atoms with Gasteiger partial charge in [-0.2, -0.15) is 0 Å². The molecule has 0 aromatic heterocycles. The first-order valence-electron chi connectivity index (χ1n) is 6.23. The van der Waals surface area contributed by atoms with Crippen LogP contribution in [-0.2, 0) is 14.8 Å². The van der Waals surface area contributed by atoms with Gasteiger partial charge in [0.2, 0.25) is 15.9 Å². The molecule has 1 saturated heterocycles. The van der Waals surface area contributed by atoms with E-state index in [0.717, 1.165) is 0 Å². The lowest BCUT2D eigenvalue weighted by molar-refractivity contribution is -0.125. The van der Waals surface area contributed by atoms with E-state index in [2.05, 4.69) is 5.32 Å². The molecule has 1 fully saturated rings. The lowest BCUT2D eigenvalue weighted by atomic mass is 10.0. The Morgan fingerprint density at radius 2 is 1.83 bits per heavy atom. The van der Waals surface area contributed by atoms with Crippen LogP contribution in [0, 0.1) is 5.92 Å². The Bertz CT molecular complexity index is 386. The van der Waals surface area contributed by atoms with Gasteiger partial charge in [-0.05, 0) is 19.8 Å². The molecule has 1 amide bonds. The van der Waals surface area contributed by atoms with E-state index in [1.807, 2.05) is 0 Å². The summed E-state index contributed by atoms with van der Waals surface area (Å²) in [6, 6.07) is -0.127. The Kier molecular flexibility index (Phi) is 5.12. The minimum absolute atomic E-state index is 0.0525. The predicted octanol–water partition coefficient (Wildman–Crippen LogP) is -0.490. The van der Waals surface area contributed by atoms with Crippen LogP contribution in [0.3, 0.4) is 0 Å². The zero-order chi connectivity index (χ0) is 13.9. The summed E-state index contributed by atoms with van der Waals surface area (Å²) in [5.41, 5.74) is 5.67. The maximum atomic E-state index is 11.8. The SMILES string of the molecule is CC(N)C(C)C(=O)NC1CCN(S(C)(=O)=O)CC1. The fourth-order valence-corrected chi connectivity index (χ4v) is 2.78. The molecule has 6 nitrogen and oxygen atoms in total. The molecule has 106 valence electrons. The van der Waals surface area contributed by atoms with Gasteiger partial charge in [-0.15, -0.1) is 0 Å². The monoisotopic (exact) mass is 277 g/mol. The van der Waals surface area contributed by atoms with Gasteiger partial charge < -0.3 is 11.1 Å². The van der Waals surface area contributed by atoms with Gasteiger partial charge in [0.1, 0.15) is 0 Å².